The van der Waals surface area contributed by atoms with Gasteiger partial charge in [-0.15, -0.1) is 0 Å². The van der Waals surface area contributed by atoms with Crippen molar-refractivity contribution in [3.05, 3.63) is 29.6 Å². The van der Waals surface area contributed by atoms with Gasteiger partial charge in [0.2, 0.25) is 0 Å². The van der Waals surface area contributed by atoms with E-state index < -0.39 is 0 Å². The minimum atomic E-state index is 0.201. The molecule has 3 nitrogen and oxygen atoms in total. The lowest BCUT2D eigenvalue weighted by Gasteiger charge is -2.41. The molecule has 0 radical (unpaired) electrons. The van der Waals surface area contributed by atoms with Crippen molar-refractivity contribution in [1.29, 1.82) is 5.26 Å². The average Bonchev–Trinajstić information content (AvgIpc) is 2.61. The molecule has 86 valence electrons. The Labute approximate surface area is 101 Å². The summed E-state index contributed by atoms with van der Waals surface area (Å²) in [5.41, 5.74) is 3.01. The van der Waals surface area contributed by atoms with Crippen molar-refractivity contribution in [2.75, 3.05) is 0 Å². The van der Waals surface area contributed by atoms with Crippen molar-refractivity contribution in [3.8, 4) is 6.07 Å². The second-order valence-electron chi connectivity index (χ2n) is 5.16. The van der Waals surface area contributed by atoms with Gasteiger partial charge in [0.1, 0.15) is 5.82 Å². The summed E-state index contributed by atoms with van der Waals surface area (Å²) in [4.78, 5) is 4.59. The van der Waals surface area contributed by atoms with Crippen LogP contribution in [0.25, 0.3) is 11.0 Å². The third-order valence-electron chi connectivity index (χ3n) is 3.92. The smallest absolute Gasteiger partial charge is 0.107 e. The first-order valence-electron chi connectivity index (χ1n) is 6.04. The van der Waals surface area contributed by atoms with Crippen LogP contribution in [0.3, 0.4) is 0 Å². The number of nitriles is 1. The third kappa shape index (κ3) is 1.37. The molecule has 17 heavy (non-hydrogen) atoms. The van der Waals surface area contributed by atoms with Crippen LogP contribution in [0.5, 0.6) is 0 Å². The topological polar surface area (TPSA) is 41.6 Å². The van der Waals surface area contributed by atoms with Crippen molar-refractivity contribution in [3.63, 3.8) is 0 Å². The number of benzene rings is 1. The Morgan fingerprint density at radius 3 is 2.76 bits per heavy atom. The molecular formula is C14H15N3. The van der Waals surface area contributed by atoms with Gasteiger partial charge in [0.15, 0.2) is 0 Å². The fraction of sp³-hybridized carbons (Fsp3) is 0.429. The lowest BCUT2D eigenvalue weighted by atomic mass is 9.78. The van der Waals surface area contributed by atoms with Crippen LogP contribution in [0.1, 0.15) is 37.6 Å². The molecule has 0 spiro atoms. The molecule has 0 unspecified atom stereocenters. The summed E-state index contributed by atoms with van der Waals surface area (Å²) in [7, 11) is 0. The molecule has 0 amide bonds. The summed E-state index contributed by atoms with van der Waals surface area (Å²) in [6, 6.07) is 7.94. The first-order chi connectivity index (χ1) is 8.14. The zero-order valence-electron chi connectivity index (χ0n) is 10.2. The second kappa shape index (κ2) is 3.33. The Kier molecular flexibility index (Phi) is 2.03. The van der Waals surface area contributed by atoms with Crippen molar-refractivity contribution >= 4 is 11.0 Å². The quantitative estimate of drug-likeness (QED) is 0.748. The first-order valence-corrected chi connectivity index (χ1v) is 6.04. The van der Waals surface area contributed by atoms with Crippen LogP contribution in [-0.2, 0) is 5.54 Å². The van der Waals surface area contributed by atoms with Crippen LogP contribution in [0.15, 0.2) is 18.2 Å². The monoisotopic (exact) mass is 225 g/mol. The van der Waals surface area contributed by atoms with E-state index in [0.29, 0.717) is 5.56 Å². The Morgan fingerprint density at radius 2 is 2.18 bits per heavy atom. The fourth-order valence-corrected chi connectivity index (χ4v) is 2.86. The number of aromatic nitrogens is 2. The van der Waals surface area contributed by atoms with E-state index in [0.717, 1.165) is 16.9 Å². The van der Waals surface area contributed by atoms with Crippen LogP contribution < -0.4 is 0 Å². The second-order valence-corrected chi connectivity index (χ2v) is 5.16. The van der Waals surface area contributed by atoms with Crippen molar-refractivity contribution < 1.29 is 0 Å². The lowest BCUT2D eigenvalue weighted by molar-refractivity contribution is 0.171. The van der Waals surface area contributed by atoms with Crippen LogP contribution in [0, 0.1) is 18.3 Å². The van der Waals surface area contributed by atoms with Gasteiger partial charge >= 0.3 is 0 Å². The highest BCUT2D eigenvalue weighted by Gasteiger charge is 2.35. The standard InChI is InChI=1S/C14H15N3/c1-10-16-12-5-4-11(9-15)8-13(12)17(10)14(2)6-3-7-14/h4-5,8H,3,6-7H2,1-2H3. The summed E-state index contributed by atoms with van der Waals surface area (Å²) < 4.78 is 2.31. The van der Waals surface area contributed by atoms with Gasteiger partial charge in [-0.1, -0.05) is 0 Å². The van der Waals surface area contributed by atoms with Gasteiger partial charge in [-0.2, -0.15) is 5.26 Å². The molecular weight excluding hydrogens is 210 g/mol. The molecule has 2 aromatic rings. The highest BCUT2D eigenvalue weighted by atomic mass is 15.1. The molecule has 1 aromatic carbocycles. The summed E-state index contributed by atoms with van der Waals surface area (Å²) in [5, 5.41) is 8.99. The zero-order valence-corrected chi connectivity index (χ0v) is 10.2. The molecule has 0 saturated heterocycles. The van der Waals surface area contributed by atoms with Gasteiger partial charge in [-0.25, -0.2) is 4.98 Å². The molecule has 1 aromatic heterocycles. The van der Waals surface area contributed by atoms with Gasteiger partial charge in [0, 0.05) is 5.54 Å². The van der Waals surface area contributed by atoms with E-state index in [1.165, 1.54) is 19.3 Å². The molecule has 0 bridgehead atoms. The Bertz CT molecular complexity index is 627. The fourth-order valence-electron chi connectivity index (χ4n) is 2.86. The highest BCUT2D eigenvalue weighted by molar-refractivity contribution is 5.78. The lowest BCUT2D eigenvalue weighted by Crippen LogP contribution is -2.37. The van der Waals surface area contributed by atoms with E-state index >= 15 is 0 Å². The van der Waals surface area contributed by atoms with Crippen LogP contribution in [-0.4, -0.2) is 9.55 Å². The number of nitrogens with zero attached hydrogens (tertiary/aromatic N) is 3. The maximum Gasteiger partial charge on any atom is 0.107 e. The molecule has 0 N–H and O–H groups in total. The number of fused-ring (bicyclic) bond motifs is 1. The molecule has 1 fully saturated rings. The number of hydrogen-bond donors (Lipinski definition) is 0. The number of rotatable bonds is 1. The molecule has 3 rings (SSSR count). The van der Waals surface area contributed by atoms with E-state index in [4.69, 9.17) is 5.26 Å². The maximum absolute atomic E-state index is 8.99. The normalized spacial score (nSPS) is 17.7. The van der Waals surface area contributed by atoms with Gasteiger partial charge in [0.25, 0.3) is 0 Å². The summed E-state index contributed by atoms with van der Waals surface area (Å²) >= 11 is 0. The Balaban J connectivity index is 2.29. The van der Waals surface area contributed by atoms with E-state index in [9.17, 15) is 0 Å². The highest BCUT2D eigenvalue weighted by Crippen LogP contribution is 2.41. The van der Waals surface area contributed by atoms with Crippen LogP contribution in [0.4, 0.5) is 0 Å². The minimum absolute atomic E-state index is 0.201. The third-order valence-corrected chi connectivity index (χ3v) is 3.92. The van der Waals surface area contributed by atoms with E-state index in [-0.39, 0.29) is 5.54 Å². The predicted octanol–water partition coefficient (Wildman–Crippen LogP) is 3.12. The van der Waals surface area contributed by atoms with Crippen LogP contribution in [0.2, 0.25) is 0 Å². The molecule has 0 atom stereocenters. The molecule has 1 heterocycles. The largest absolute Gasteiger partial charge is 0.322 e. The molecule has 0 aliphatic heterocycles. The SMILES string of the molecule is Cc1nc2ccc(C#N)cc2n1C1(C)CCC1. The van der Waals surface area contributed by atoms with Crippen molar-refractivity contribution in [2.45, 2.75) is 38.6 Å². The molecule has 1 aliphatic rings. The maximum atomic E-state index is 8.99. The zero-order chi connectivity index (χ0) is 12.0. The van der Waals surface area contributed by atoms with Crippen molar-refractivity contribution in [1.82, 2.24) is 9.55 Å². The summed E-state index contributed by atoms with van der Waals surface area (Å²) in [5.74, 6) is 1.05. The van der Waals surface area contributed by atoms with Gasteiger partial charge in [-0.3, -0.25) is 0 Å². The predicted molar refractivity (Wildman–Crippen MR) is 66.7 cm³/mol. The average molecular weight is 225 g/mol. The molecule has 3 heteroatoms. The summed E-state index contributed by atoms with van der Waals surface area (Å²) in [6.07, 6.45) is 3.69. The molecule has 1 aliphatic carbocycles. The van der Waals surface area contributed by atoms with Gasteiger partial charge in [-0.05, 0) is 51.3 Å². The van der Waals surface area contributed by atoms with Crippen molar-refractivity contribution in [2.24, 2.45) is 0 Å². The van der Waals surface area contributed by atoms with Gasteiger partial charge in [0.05, 0.1) is 22.7 Å². The first kappa shape index (κ1) is 10.3. The summed E-state index contributed by atoms with van der Waals surface area (Å²) in [6.45, 7) is 4.33. The number of hydrogen-bond acceptors (Lipinski definition) is 2. The van der Waals surface area contributed by atoms with E-state index in [1.54, 1.807) is 0 Å². The number of aryl methyl sites for hydroxylation is 1. The van der Waals surface area contributed by atoms with E-state index in [1.807, 2.05) is 18.2 Å². The van der Waals surface area contributed by atoms with Gasteiger partial charge < -0.3 is 4.57 Å². The molecule has 1 saturated carbocycles. The Morgan fingerprint density at radius 1 is 1.41 bits per heavy atom. The number of imidazole rings is 1. The Hall–Kier alpha value is -1.82. The van der Waals surface area contributed by atoms with Crippen LogP contribution >= 0.6 is 0 Å². The minimum Gasteiger partial charge on any atom is -0.322 e. The van der Waals surface area contributed by atoms with E-state index in [2.05, 4.69) is 29.5 Å².